The van der Waals surface area contributed by atoms with Crippen LogP contribution in [0.4, 0.5) is 5.82 Å². The molecule has 0 N–H and O–H groups in total. The number of piperazine rings is 1. The second kappa shape index (κ2) is 9.28. The summed E-state index contributed by atoms with van der Waals surface area (Å²) in [4.78, 5) is 35.9. The van der Waals surface area contributed by atoms with Crippen molar-refractivity contribution < 1.29 is 9.59 Å². The maximum Gasteiger partial charge on any atom is 0.255 e. The molecule has 0 aliphatic carbocycles. The molecule has 4 heterocycles. The SMILES string of the molecule is CN(C)CC(=O)N1CCN(c2ccc3ccc(C(=O)N4CCCN(C)CC4)cn23)CC1. The first-order valence-corrected chi connectivity index (χ1v) is 11.2. The molecule has 2 aliphatic heterocycles. The van der Waals surface area contributed by atoms with Crippen LogP contribution in [0.3, 0.4) is 0 Å². The molecule has 2 aromatic rings. The summed E-state index contributed by atoms with van der Waals surface area (Å²) < 4.78 is 2.12. The molecule has 31 heavy (non-hydrogen) atoms. The van der Waals surface area contributed by atoms with Crippen molar-refractivity contribution in [1.82, 2.24) is 24.0 Å². The van der Waals surface area contributed by atoms with Gasteiger partial charge in [0.1, 0.15) is 5.82 Å². The average Bonchev–Trinajstić information content (AvgIpc) is 3.06. The van der Waals surface area contributed by atoms with Gasteiger partial charge in [0.25, 0.3) is 5.91 Å². The molecule has 2 amide bonds. The van der Waals surface area contributed by atoms with E-state index in [-0.39, 0.29) is 11.8 Å². The Kier molecular flexibility index (Phi) is 6.48. The van der Waals surface area contributed by atoms with Crippen LogP contribution >= 0.6 is 0 Å². The highest BCUT2D eigenvalue weighted by Gasteiger charge is 2.24. The Hall–Kier alpha value is -2.58. The van der Waals surface area contributed by atoms with Crippen molar-refractivity contribution >= 4 is 23.1 Å². The number of likely N-dealkylation sites (N-methyl/N-ethyl adjacent to an activating group) is 2. The monoisotopic (exact) mass is 426 g/mol. The lowest BCUT2D eigenvalue weighted by molar-refractivity contribution is -0.132. The van der Waals surface area contributed by atoms with E-state index in [9.17, 15) is 9.59 Å². The van der Waals surface area contributed by atoms with E-state index in [4.69, 9.17) is 0 Å². The molecule has 0 aromatic carbocycles. The fourth-order valence-electron chi connectivity index (χ4n) is 4.46. The van der Waals surface area contributed by atoms with Crippen molar-refractivity contribution in [3.8, 4) is 0 Å². The Morgan fingerprint density at radius 1 is 0.871 bits per heavy atom. The highest BCUT2D eigenvalue weighted by atomic mass is 16.2. The third kappa shape index (κ3) is 4.85. The van der Waals surface area contributed by atoms with Crippen LogP contribution in [-0.2, 0) is 4.79 Å². The van der Waals surface area contributed by atoms with Gasteiger partial charge < -0.3 is 28.9 Å². The number of aromatic nitrogens is 1. The second-order valence-electron chi connectivity index (χ2n) is 8.96. The highest BCUT2D eigenvalue weighted by molar-refractivity contribution is 5.94. The quantitative estimate of drug-likeness (QED) is 0.728. The first-order valence-electron chi connectivity index (χ1n) is 11.2. The molecule has 8 heteroatoms. The number of carbonyl (C=O) groups excluding carboxylic acids is 2. The van der Waals surface area contributed by atoms with Gasteiger partial charge in [-0.2, -0.15) is 0 Å². The zero-order valence-electron chi connectivity index (χ0n) is 19.0. The number of rotatable bonds is 4. The number of nitrogens with zero attached hydrogens (tertiary/aromatic N) is 6. The molecule has 0 atom stereocenters. The fraction of sp³-hybridized carbons (Fsp3) is 0.565. The van der Waals surface area contributed by atoms with Gasteiger partial charge in [-0.1, -0.05) is 0 Å². The van der Waals surface area contributed by atoms with Crippen LogP contribution in [0.1, 0.15) is 16.8 Å². The van der Waals surface area contributed by atoms with Gasteiger partial charge in [-0.3, -0.25) is 9.59 Å². The maximum absolute atomic E-state index is 13.2. The minimum absolute atomic E-state index is 0.107. The smallest absolute Gasteiger partial charge is 0.255 e. The van der Waals surface area contributed by atoms with Crippen LogP contribution < -0.4 is 4.90 Å². The minimum atomic E-state index is 0.107. The molecule has 4 rings (SSSR count). The number of hydrogen-bond donors (Lipinski definition) is 0. The van der Waals surface area contributed by atoms with Crippen molar-refractivity contribution in [1.29, 1.82) is 0 Å². The summed E-state index contributed by atoms with van der Waals surface area (Å²) >= 11 is 0. The van der Waals surface area contributed by atoms with E-state index in [1.54, 1.807) is 0 Å². The molecule has 0 saturated carbocycles. The van der Waals surface area contributed by atoms with E-state index in [0.29, 0.717) is 6.54 Å². The molecule has 0 bridgehead atoms. The fourth-order valence-corrected chi connectivity index (χ4v) is 4.46. The van der Waals surface area contributed by atoms with Crippen LogP contribution in [0.15, 0.2) is 30.5 Å². The maximum atomic E-state index is 13.2. The third-order valence-electron chi connectivity index (χ3n) is 6.29. The van der Waals surface area contributed by atoms with Gasteiger partial charge in [0.2, 0.25) is 5.91 Å². The van der Waals surface area contributed by atoms with E-state index in [1.807, 2.05) is 47.1 Å². The van der Waals surface area contributed by atoms with Gasteiger partial charge in [-0.05, 0) is 58.4 Å². The van der Waals surface area contributed by atoms with Gasteiger partial charge in [-0.15, -0.1) is 0 Å². The second-order valence-corrected chi connectivity index (χ2v) is 8.96. The molecule has 168 valence electrons. The average molecular weight is 427 g/mol. The van der Waals surface area contributed by atoms with Crippen LogP contribution in [0, 0.1) is 0 Å². The lowest BCUT2D eigenvalue weighted by atomic mass is 10.2. The van der Waals surface area contributed by atoms with Crippen molar-refractivity contribution in [2.75, 3.05) is 84.9 Å². The van der Waals surface area contributed by atoms with E-state index in [2.05, 4.69) is 33.4 Å². The normalized spacial score (nSPS) is 18.6. The summed E-state index contributed by atoms with van der Waals surface area (Å²) in [7, 11) is 5.95. The number of amides is 2. The van der Waals surface area contributed by atoms with Gasteiger partial charge in [0.15, 0.2) is 0 Å². The molecule has 2 saturated heterocycles. The lowest BCUT2D eigenvalue weighted by Gasteiger charge is -2.36. The Balaban J connectivity index is 1.48. The topological polar surface area (TPSA) is 54.8 Å². The zero-order valence-corrected chi connectivity index (χ0v) is 19.0. The van der Waals surface area contributed by atoms with Crippen molar-refractivity contribution in [2.45, 2.75) is 6.42 Å². The number of pyridine rings is 1. The Morgan fingerprint density at radius 3 is 2.32 bits per heavy atom. The van der Waals surface area contributed by atoms with E-state index >= 15 is 0 Å². The summed E-state index contributed by atoms with van der Waals surface area (Å²) in [5.41, 5.74) is 1.81. The van der Waals surface area contributed by atoms with Crippen LogP contribution in [0.5, 0.6) is 0 Å². The standard InChI is InChI=1S/C23H34N6O2/c1-24(2)18-22(30)27-15-13-26(14-16-27)21-8-7-20-6-5-19(17-29(20)21)23(31)28-10-4-9-25(3)11-12-28/h5-8,17H,4,9-16,18H2,1-3H3. The molecule has 2 aromatic heterocycles. The van der Waals surface area contributed by atoms with E-state index < -0.39 is 0 Å². The molecule has 2 aliphatic rings. The predicted octanol–water partition coefficient (Wildman–Crippen LogP) is 0.927. The third-order valence-corrected chi connectivity index (χ3v) is 6.29. The van der Waals surface area contributed by atoms with Crippen LogP contribution in [-0.4, -0.2) is 116 Å². The molecular weight excluding hydrogens is 392 g/mol. The zero-order chi connectivity index (χ0) is 22.0. The van der Waals surface area contributed by atoms with Gasteiger partial charge in [-0.25, -0.2) is 0 Å². The Labute approximate surface area is 184 Å². The number of hydrogen-bond acceptors (Lipinski definition) is 5. The van der Waals surface area contributed by atoms with Gasteiger partial charge >= 0.3 is 0 Å². The number of carbonyl (C=O) groups is 2. The van der Waals surface area contributed by atoms with E-state index in [0.717, 1.165) is 75.7 Å². The summed E-state index contributed by atoms with van der Waals surface area (Å²) in [6.07, 6.45) is 2.99. The minimum Gasteiger partial charge on any atom is -0.354 e. The highest BCUT2D eigenvalue weighted by Crippen LogP contribution is 2.22. The summed E-state index contributed by atoms with van der Waals surface area (Å²) in [5.74, 6) is 1.37. The van der Waals surface area contributed by atoms with Gasteiger partial charge in [0, 0.05) is 57.5 Å². The molecule has 8 nitrogen and oxygen atoms in total. The molecule has 2 fully saturated rings. The molecule has 0 radical (unpaired) electrons. The van der Waals surface area contributed by atoms with Crippen molar-refractivity contribution in [3.63, 3.8) is 0 Å². The van der Waals surface area contributed by atoms with Gasteiger partial charge in [0.05, 0.1) is 12.1 Å². The molecular formula is C23H34N6O2. The predicted molar refractivity (Wildman–Crippen MR) is 123 cm³/mol. The summed E-state index contributed by atoms with van der Waals surface area (Å²) in [5, 5.41) is 0. The van der Waals surface area contributed by atoms with Crippen LogP contribution in [0.2, 0.25) is 0 Å². The van der Waals surface area contributed by atoms with Crippen molar-refractivity contribution in [2.24, 2.45) is 0 Å². The van der Waals surface area contributed by atoms with Crippen molar-refractivity contribution in [3.05, 3.63) is 36.0 Å². The lowest BCUT2D eigenvalue weighted by Crippen LogP contribution is -2.51. The Bertz CT molecular complexity index is 931. The number of anilines is 1. The molecule has 0 spiro atoms. The summed E-state index contributed by atoms with van der Waals surface area (Å²) in [6.45, 7) is 7.01. The largest absolute Gasteiger partial charge is 0.354 e. The summed E-state index contributed by atoms with van der Waals surface area (Å²) in [6, 6.07) is 8.17. The number of fused-ring (bicyclic) bond motifs is 1. The first kappa shape index (κ1) is 21.6. The Morgan fingerprint density at radius 2 is 1.58 bits per heavy atom. The first-order chi connectivity index (χ1) is 14.9. The van der Waals surface area contributed by atoms with Crippen LogP contribution in [0.25, 0.3) is 5.52 Å². The molecule has 0 unspecified atom stereocenters. The van der Waals surface area contributed by atoms with E-state index in [1.165, 1.54) is 0 Å².